The Hall–Kier alpha value is -2.56. The van der Waals surface area contributed by atoms with Crippen LogP contribution >= 0.6 is 0 Å². The molecule has 2 aromatic rings. The fraction of sp³-hybridized carbons (Fsp3) is 0.235. The van der Waals surface area contributed by atoms with E-state index in [9.17, 15) is 9.18 Å². The van der Waals surface area contributed by atoms with Gasteiger partial charge in [-0.25, -0.2) is 9.18 Å². The molecular formula is C17H18FN3O. The van der Waals surface area contributed by atoms with Crippen LogP contribution in [0, 0.1) is 5.82 Å². The minimum absolute atomic E-state index is 0.382. The first-order valence-electron chi connectivity index (χ1n) is 7.39. The van der Waals surface area contributed by atoms with Crippen LogP contribution in [-0.4, -0.2) is 19.1 Å². The Kier molecular flexibility index (Phi) is 4.23. The van der Waals surface area contributed by atoms with E-state index in [4.69, 9.17) is 0 Å². The van der Waals surface area contributed by atoms with Crippen LogP contribution in [0.25, 0.3) is 0 Å². The van der Waals surface area contributed by atoms with Gasteiger partial charge in [0.1, 0.15) is 5.82 Å². The summed E-state index contributed by atoms with van der Waals surface area (Å²) in [5.74, 6) is -0.382. The number of hydrogen-bond acceptors (Lipinski definition) is 2. The van der Waals surface area contributed by atoms with Crippen molar-refractivity contribution in [3.8, 4) is 0 Å². The summed E-state index contributed by atoms with van der Waals surface area (Å²) in [5, 5.41) is 5.34. The van der Waals surface area contributed by atoms with Crippen LogP contribution in [0.1, 0.15) is 12.8 Å². The third-order valence-electron chi connectivity index (χ3n) is 3.68. The lowest BCUT2D eigenvalue weighted by molar-refractivity contribution is 0.262. The van der Waals surface area contributed by atoms with E-state index >= 15 is 0 Å². The van der Waals surface area contributed by atoms with Gasteiger partial charge in [0.05, 0.1) is 0 Å². The smallest absolute Gasteiger partial charge is 0.323 e. The molecule has 0 spiro atoms. The number of nitrogens with one attached hydrogen (secondary N) is 2. The minimum atomic E-state index is -0.389. The highest BCUT2D eigenvalue weighted by atomic mass is 19.1. The molecule has 1 aliphatic heterocycles. The summed E-state index contributed by atoms with van der Waals surface area (Å²) in [6.07, 6.45) is 2.46. The second kappa shape index (κ2) is 6.47. The van der Waals surface area contributed by atoms with Gasteiger partial charge in [0.2, 0.25) is 0 Å². The zero-order valence-corrected chi connectivity index (χ0v) is 12.2. The summed E-state index contributed by atoms with van der Waals surface area (Å²) in [6.45, 7) is 2.18. The van der Waals surface area contributed by atoms with E-state index in [1.807, 2.05) is 24.3 Å². The number of hydrogen-bond donors (Lipinski definition) is 2. The van der Waals surface area contributed by atoms with Crippen molar-refractivity contribution < 1.29 is 9.18 Å². The maximum atomic E-state index is 13.1. The second-order valence-corrected chi connectivity index (χ2v) is 5.33. The average Bonchev–Trinajstić information content (AvgIpc) is 3.02. The Labute approximate surface area is 128 Å². The van der Waals surface area contributed by atoms with Crippen LogP contribution in [0.15, 0.2) is 48.5 Å². The molecule has 1 heterocycles. The Balaban J connectivity index is 1.59. The first-order chi connectivity index (χ1) is 10.7. The number of halogens is 1. The molecule has 0 saturated carbocycles. The summed E-state index contributed by atoms with van der Waals surface area (Å²) in [4.78, 5) is 14.2. The second-order valence-electron chi connectivity index (χ2n) is 5.33. The molecule has 0 aromatic heterocycles. The summed E-state index contributed by atoms with van der Waals surface area (Å²) in [5.41, 5.74) is 2.30. The number of rotatable bonds is 3. The van der Waals surface area contributed by atoms with Crippen molar-refractivity contribution in [1.82, 2.24) is 0 Å². The largest absolute Gasteiger partial charge is 0.372 e. The van der Waals surface area contributed by atoms with E-state index in [-0.39, 0.29) is 11.8 Å². The molecule has 2 amide bonds. The van der Waals surface area contributed by atoms with Crippen LogP contribution in [0.4, 0.5) is 26.2 Å². The number of amides is 2. The number of urea groups is 1. The van der Waals surface area contributed by atoms with Crippen molar-refractivity contribution in [2.75, 3.05) is 28.6 Å². The van der Waals surface area contributed by atoms with Crippen LogP contribution in [0.5, 0.6) is 0 Å². The summed E-state index contributed by atoms with van der Waals surface area (Å²) >= 11 is 0. The van der Waals surface area contributed by atoms with Crippen LogP contribution in [0.3, 0.4) is 0 Å². The van der Waals surface area contributed by atoms with Crippen molar-refractivity contribution in [2.24, 2.45) is 0 Å². The summed E-state index contributed by atoms with van der Waals surface area (Å²) < 4.78 is 13.1. The van der Waals surface area contributed by atoms with Gasteiger partial charge in [0, 0.05) is 30.2 Å². The SMILES string of the molecule is O=C(Nc1ccc(N2CCCC2)cc1)Nc1cccc(F)c1. The minimum Gasteiger partial charge on any atom is -0.372 e. The molecule has 5 heteroatoms. The molecule has 2 aromatic carbocycles. The molecule has 22 heavy (non-hydrogen) atoms. The molecule has 0 atom stereocenters. The van der Waals surface area contributed by atoms with Crippen molar-refractivity contribution in [3.05, 3.63) is 54.3 Å². The molecule has 1 aliphatic rings. The van der Waals surface area contributed by atoms with E-state index in [0.29, 0.717) is 11.4 Å². The third kappa shape index (κ3) is 3.55. The zero-order valence-electron chi connectivity index (χ0n) is 12.2. The van der Waals surface area contributed by atoms with Gasteiger partial charge in [0.25, 0.3) is 0 Å². The standard InChI is InChI=1S/C17H18FN3O/c18-13-4-3-5-15(12-13)20-17(22)19-14-6-8-16(9-7-14)21-10-1-2-11-21/h3-9,12H,1-2,10-11H2,(H2,19,20,22). The first-order valence-corrected chi connectivity index (χ1v) is 7.39. The Morgan fingerprint density at radius 3 is 2.32 bits per heavy atom. The molecule has 0 bridgehead atoms. The lowest BCUT2D eigenvalue weighted by atomic mass is 10.2. The molecule has 1 saturated heterocycles. The molecule has 3 rings (SSSR count). The van der Waals surface area contributed by atoms with Gasteiger partial charge >= 0.3 is 6.03 Å². The highest BCUT2D eigenvalue weighted by molar-refractivity contribution is 5.99. The van der Waals surface area contributed by atoms with Crippen LogP contribution < -0.4 is 15.5 Å². The fourth-order valence-corrected chi connectivity index (χ4v) is 2.59. The quantitative estimate of drug-likeness (QED) is 0.897. The molecule has 0 unspecified atom stereocenters. The molecule has 0 radical (unpaired) electrons. The van der Waals surface area contributed by atoms with Crippen LogP contribution in [-0.2, 0) is 0 Å². The molecule has 1 fully saturated rings. The van der Waals surface area contributed by atoms with Crippen molar-refractivity contribution in [3.63, 3.8) is 0 Å². The highest BCUT2D eigenvalue weighted by Crippen LogP contribution is 2.22. The topological polar surface area (TPSA) is 44.4 Å². The predicted octanol–water partition coefficient (Wildman–Crippen LogP) is 4.07. The average molecular weight is 299 g/mol. The van der Waals surface area contributed by atoms with E-state index < -0.39 is 0 Å². The number of nitrogens with zero attached hydrogens (tertiary/aromatic N) is 1. The Morgan fingerprint density at radius 1 is 0.955 bits per heavy atom. The van der Waals surface area contributed by atoms with Crippen molar-refractivity contribution in [1.29, 1.82) is 0 Å². The lowest BCUT2D eigenvalue weighted by Gasteiger charge is -2.17. The van der Waals surface area contributed by atoms with E-state index in [1.54, 1.807) is 12.1 Å². The van der Waals surface area contributed by atoms with Gasteiger partial charge in [-0.05, 0) is 55.3 Å². The number of anilines is 3. The van der Waals surface area contributed by atoms with Gasteiger partial charge < -0.3 is 15.5 Å². The molecule has 114 valence electrons. The molecular weight excluding hydrogens is 281 g/mol. The number of benzene rings is 2. The van der Waals surface area contributed by atoms with Gasteiger partial charge in [-0.15, -0.1) is 0 Å². The van der Waals surface area contributed by atoms with Crippen LogP contribution in [0.2, 0.25) is 0 Å². The number of carbonyl (C=O) groups is 1. The maximum Gasteiger partial charge on any atom is 0.323 e. The van der Waals surface area contributed by atoms with Crippen molar-refractivity contribution >= 4 is 23.1 Å². The molecule has 4 nitrogen and oxygen atoms in total. The fourth-order valence-electron chi connectivity index (χ4n) is 2.59. The van der Waals surface area contributed by atoms with Gasteiger partial charge in [-0.1, -0.05) is 6.07 Å². The first kappa shape index (κ1) is 14.4. The zero-order chi connectivity index (χ0) is 15.4. The summed E-state index contributed by atoms with van der Waals surface area (Å²) in [6, 6.07) is 13.2. The lowest BCUT2D eigenvalue weighted by Crippen LogP contribution is -2.20. The Morgan fingerprint density at radius 2 is 1.64 bits per heavy atom. The van der Waals surface area contributed by atoms with E-state index in [0.717, 1.165) is 13.1 Å². The highest BCUT2D eigenvalue weighted by Gasteiger charge is 2.12. The van der Waals surface area contributed by atoms with E-state index in [2.05, 4.69) is 15.5 Å². The number of carbonyl (C=O) groups excluding carboxylic acids is 1. The maximum absolute atomic E-state index is 13.1. The normalized spacial score (nSPS) is 14.0. The van der Waals surface area contributed by atoms with E-state index in [1.165, 1.54) is 30.7 Å². The van der Waals surface area contributed by atoms with Gasteiger partial charge in [0.15, 0.2) is 0 Å². The monoisotopic (exact) mass is 299 g/mol. The van der Waals surface area contributed by atoms with Crippen molar-refractivity contribution in [2.45, 2.75) is 12.8 Å². The third-order valence-corrected chi connectivity index (χ3v) is 3.68. The predicted molar refractivity (Wildman–Crippen MR) is 86.9 cm³/mol. The molecule has 0 aliphatic carbocycles. The van der Waals surface area contributed by atoms with Gasteiger partial charge in [-0.3, -0.25) is 0 Å². The van der Waals surface area contributed by atoms with Gasteiger partial charge in [-0.2, -0.15) is 0 Å². The Bertz CT molecular complexity index is 651. The molecule has 2 N–H and O–H groups in total. The summed E-state index contributed by atoms with van der Waals surface area (Å²) in [7, 11) is 0.